The van der Waals surface area contributed by atoms with Crippen molar-refractivity contribution < 1.29 is 14.6 Å². The lowest BCUT2D eigenvalue weighted by Crippen LogP contribution is -2.00. The number of aromatic carboxylic acids is 1. The van der Waals surface area contributed by atoms with Crippen molar-refractivity contribution in [3.8, 4) is 11.5 Å². The molecule has 0 spiro atoms. The molecule has 0 saturated heterocycles. The molecular weight excluding hydrogens is 321 g/mol. The average molecular weight is 329 g/mol. The Kier molecular flexibility index (Phi) is 3.84. The monoisotopic (exact) mass is 327 g/mol. The molecule has 1 aromatic heterocycles. The molecule has 4 nitrogen and oxygen atoms in total. The first-order chi connectivity index (χ1) is 8.58. The first-order valence-corrected chi connectivity index (χ1v) is 6.05. The van der Waals surface area contributed by atoms with Crippen LogP contribution in [0.3, 0.4) is 0 Å². The number of rotatable bonds is 3. The van der Waals surface area contributed by atoms with Crippen LogP contribution in [0.2, 0.25) is 5.02 Å². The van der Waals surface area contributed by atoms with E-state index >= 15 is 0 Å². The maximum Gasteiger partial charge on any atom is 0.339 e. The molecule has 2 aromatic rings. The summed E-state index contributed by atoms with van der Waals surface area (Å²) in [5.74, 6) is -0.595. The standard InChI is InChI=1S/C12H7BrClNO3/c13-7-4-8(6-15-5-7)18-11-9(12(16)17)2-1-3-10(11)14/h1-6H,(H,16,17). The second kappa shape index (κ2) is 5.37. The molecule has 0 bridgehead atoms. The molecule has 18 heavy (non-hydrogen) atoms. The Bertz CT molecular complexity index is 604. The zero-order valence-corrected chi connectivity index (χ0v) is 11.3. The lowest BCUT2D eigenvalue weighted by atomic mass is 10.2. The number of hydrogen-bond acceptors (Lipinski definition) is 3. The van der Waals surface area contributed by atoms with Crippen LogP contribution in [-0.4, -0.2) is 16.1 Å². The van der Waals surface area contributed by atoms with Crippen LogP contribution in [0.25, 0.3) is 0 Å². The van der Waals surface area contributed by atoms with Gasteiger partial charge < -0.3 is 9.84 Å². The van der Waals surface area contributed by atoms with Crippen LogP contribution in [-0.2, 0) is 0 Å². The second-order valence-corrected chi connectivity index (χ2v) is 4.69. The van der Waals surface area contributed by atoms with E-state index in [0.717, 1.165) is 4.47 Å². The van der Waals surface area contributed by atoms with E-state index in [-0.39, 0.29) is 16.3 Å². The molecule has 0 aliphatic carbocycles. The molecule has 0 aliphatic heterocycles. The number of hydrogen-bond donors (Lipinski definition) is 1. The van der Waals surface area contributed by atoms with Gasteiger partial charge in [-0.15, -0.1) is 0 Å². The third kappa shape index (κ3) is 2.80. The summed E-state index contributed by atoms with van der Waals surface area (Å²) < 4.78 is 6.20. The Balaban J connectivity index is 2.42. The number of pyridine rings is 1. The molecule has 0 atom stereocenters. The second-order valence-electron chi connectivity index (χ2n) is 3.36. The van der Waals surface area contributed by atoms with Crippen LogP contribution >= 0.6 is 27.5 Å². The van der Waals surface area contributed by atoms with Crippen molar-refractivity contribution >= 4 is 33.5 Å². The fourth-order valence-electron chi connectivity index (χ4n) is 1.35. The van der Waals surface area contributed by atoms with Gasteiger partial charge in [0.25, 0.3) is 0 Å². The van der Waals surface area contributed by atoms with Crippen molar-refractivity contribution in [2.75, 3.05) is 0 Å². The van der Waals surface area contributed by atoms with Crippen LogP contribution in [0.1, 0.15) is 10.4 Å². The molecule has 0 radical (unpaired) electrons. The summed E-state index contributed by atoms with van der Waals surface area (Å²) in [4.78, 5) is 15.0. The Hall–Kier alpha value is -1.59. The van der Waals surface area contributed by atoms with Crippen LogP contribution in [0.4, 0.5) is 0 Å². The van der Waals surface area contributed by atoms with Crippen molar-refractivity contribution in [2.45, 2.75) is 0 Å². The summed E-state index contributed by atoms with van der Waals surface area (Å²) in [5, 5.41) is 9.29. The first-order valence-electron chi connectivity index (χ1n) is 4.88. The minimum absolute atomic E-state index is 0.00229. The highest BCUT2D eigenvalue weighted by atomic mass is 79.9. The molecule has 6 heteroatoms. The zero-order valence-electron chi connectivity index (χ0n) is 8.93. The highest BCUT2D eigenvalue weighted by Gasteiger charge is 2.15. The number of aromatic nitrogens is 1. The maximum absolute atomic E-state index is 11.1. The number of benzene rings is 1. The minimum Gasteiger partial charge on any atom is -0.478 e. The molecule has 0 aliphatic rings. The van der Waals surface area contributed by atoms with Gasteiger partial charge in [-0.05, 0) is 34.1 Å². The first kappa shape index (κ1) is 12.9. The molecule has 92 valence electrons. The number of para-hydroxylation sites is 1. The summed E-state index contributed by atoms with van der Waals surface area (Å²) in [7, 11) is 0. The Morgan fingerprint density at radius 1 is 1.39 bits per heavy atom. The minimum atomic E-state index is -1.10. The van der Waals surface area contributed by atoms with E-state index in [1.165, 1.54) is 12.3 Å². The largest absolute Gasteiger partial charge is 0.478 e. The zero-order chi connectivity index (χ0) is 13.1. The highest BCUT2D eigenvalue weighted by Crippen LogP contribution is 2.33. The summed E-state index contributed by atoms with van der Waals surface area (Å²) in [6, 6.07) is 6.21. The molecule has 2 rings (SSSR count). The summed E-state index contributed by atoms with van der Waals surface area (Å²) >= 11 is 9.19. The summed E-state index contributed by atoms with van der Waals surface area (Å²) in [5.41, 5.74) is 0.00229. The Labute approximate surface area is 116 Å². The van der Waals surface area contributed by atoms with Gasteiger partial charge in [0.2, 0.25) is 0 Å². The normalized spacial score (nSPS) is 10.1. The van der Waals surface area contributed by atoms with Crippen molar-refractivity contribution in [2.24, 2.45) is 0 Å². The average Bonchev–Trinajstić information content (AvgIpc) is 2.31. The van der Waals surface area contributed by atoms with Crippen LogP contribution < -0.4 is 4.74 Å². The quantitative estimate of drug-likeness (QED) is 0.925. The third-order valence-electron chi connectivity index (χ3n) is 2.10. The maximum atomic E-state index is 11.1. The SMILES string of the molecule is O=C(O)c1cccc(Cl)c1Oc1cncc(Br)c1. The molecular formula is C12H7BrClNO3. The van der Waals surface area contributed by atoms with E-state index in [1.54, 1.807) is 24.4 Å². The van der Waals surface area contributed by atoms with E-state index in [4.69, 9.17) is 21.4 Å². The fraction of sp³-hybridized carbons (Fsp3) is 0. The van der Waals surface area contributed by atoms with E-state index in [9.17, 15) is 4.79 Å². The number of carboxylic acids is 1. The molecule has 1 N–H and O–H groups in total. The third-order valence-corrected chi connectivity index (χ3v) is 2.83. The number of carboxylic acid groups (broad SMARTS) is 1. The van der Waals surface area contributed by atoms with E-state index in [0.29, 0.717) is 5.75 Å². The smallest absolute Gasteiger partial charge is 0.339 e. The molecule has 0 saturated carbocycles. The van der Waals surface area contributed by atoms with Crippen molar-refractivity contribution in [1.29, 1.82) is 0 Å². The molecule has 0 amide bonds. The van der Waals surface area contributed by atoms with Gasteiger partial charge in [0.05, 0.1) is 11.2 Å². The Morgan fingerprint density at radius 3 is 2.83 bits per heavy atom. The number of halogens is 2. The van der Waals surface area contributed by atoms with Crippen LogP contribution in [0.5, 0.6) is 11.5 Å². The molecule has 0 unspecified atom stereocenters. The van der Waals surface area contributed by atoms with Gasteiger partial charge in [0.1, 0.15) is 11.3 Å². The van der Waals surface area contributed by atoms with Gasteiger partial charge in [-0.25, -0.2) is 4.79 Å². The van der Waals surface area contributed by atoms with Crippen LogP contribution in [0.15, 0.2) is 41.1 Å². The topological polar surface area (TPSA) is 59.4 Å². The molecule has 1 aromatic carbocycles. The number of ether oxygens (including phenoxy) is 1. The van der Waals surface area contributed by atoms with E-state index in [1.807, 2.05) is 0 Å². The fourth-order valence-corrected chi connectivity index (χ4v) is 1.90. The van der Waals surface area contributed by atoms with Crippen molar-refractivity contribution in [1.82, 2.24) is 4.98 Å². The number of nitrogens with zero attached hydrogens (tertiary/aromatic N) is 1. The number of carbonyl (C=O) groups is 1. The van der Waals surface area contributed by atoms with E-state index in [2.05, 4.69) is 20.9 Å². The molecule has 1 heterocycles. The lowest BCUT2D eigenvalue weighted by molar-refractivity contribution is 0.0694. The van der Waals surface area contributed by atoms with Crippen LogP contribution in [0, 0.1) is 0 Å². The predicted octanol–water partition coefficient (Wildman–Crippen LogP) is 3.99. The van der Waals surface area contributed by atoms with E-state index < -0.39 is 5.97 Å². The highest BCUT2D eigenvalue weighted by molar-refractivity contribution is 9.10. The molecule has 0 fully saturated rings. The van der Waals surface area contributed by atoms with Gasteiger partial charge in [-0.3, -0.25) is 4.98 Å². The van der Waals surface area contributed by atoms with Crippen molar-refractivity contribution in [3.63, 3.8) is 0 Å². The van der Waals surface area contributed by atoms with Gasteiger partial charge >= 0.3 is 5.97 Å². The van der Waals surface area contributed by atoms with Gasteiger partial charge in [-0.2, -0.15) is 0 Å². The summed E-state index contributed by atoms with van der Waals surface area (Å²) in [6.07, 6.45) is 3.07. The summed E-state index contributed by atoms with van der Waals surface area (Å²) in [6.45, 7) is 0. The predicted molar refractivity (Wildman–Crippen MR) is 70.4 cm³/mol. The Morgan fingerprint density at radius 2 is 2.17 bits per heavy atom. The lowest BCUT2D eigenvalue weighted by Gasteiger charge is -2.10. The van der Waals surface area contributed by atoms with Gasteiger partial charge in [0.15, 0.2) is 5.75 Å². The van der Waals surface area contributed by atoms with Gasteiger partial charge in [0, 0.05) is 10.7 Å². The van der Waals surface area contributed by atoms with Crippen molar-refractivity contribution in [3.05, 3.63) is 51.7 Å². The van der Waals surface area contributed by atoms with Gasteiger partial charge in [-0.1, -0.05) is 17.7 Å².